The third-order valence-corrected chi connectivity index (χ3v) is 4.35. The number of thiazole rings is 1. The van der Waals surface area contributed by atoms with E-state index in [0.29, 0.717) is 12.5 Å². The van der Waals surface area contributed by atoms with Crippen molar-refractivity contribution in [1.82, 2.24) is 10.3 Å². The number of nitrogens with zero attached hydrogens (tertiary/aromatic N) is 1. The number of hydrogen-bond acceptors (Lipinski definition) is 5. The summed E-state index contributed by atoms with van der Waals surface area (Å²) in [6.07, 6.45) is 4.65. The Kier molecular flexibility index (Phi) is 4.20. The molecule has 2 rings (SSSR count). The highest BCUT2D eigenvalue weighted by Gasteiger charge is 2.27. The van der Waals surface area contributed by atoms with Crippen molar-refractivity contribution < 1.29 is 9.90 Å². The van der Waals surface area contributed by atoms with Gasteiger partial charge in [0.1, 0.15) is 10.4 Å². The first kappa shape index (κ1) is 11.9. The summed E-state index contributed by atoms with van der Waals surface area (Å²) in [7, 11) is 0. The van der Waals surface area contributed by atoms with Crippen LogP contribution in [0, 0.1) is 0 Å². The van der Waals surface area contributed by atoms with Gasteiger partial charge in [0.2, 0.25) is 0 Å². The van der Waals surface area contributed by atoms with E-state index in [2.05, 4.69) is 10.3 Å². The molecule has 16 heavy (non-hydrogen) atoms. The van der Waals surface area contributed by atoms with Gasteiger partial charge < -0.3 is 10.4 Å². The van der Waals surface area contributed by atoms with Crippen molar-refractivity contribution in [3.63, 3.8) is 0 Å². The maximum atomic E-state index is 11.0. The lowest BCUT2D eigenvalue weighted by Crippen LogP contribution is -2.38. The number of nitrogens with one attached hydrogen (secondary N) is 1. The molecular formula is C10H14N2O2S2. The van der Waals surface area contributed by atoms with Crippen LogP contribution in [0.1, 0.15) is 19.3 Å². The molecule has 2 N–H and O–H groups in total. The van der Waals surface area contributed by atoms with Gasteiger partial charge in [-0.2, -0.15) is 0 Å². The van der Waals surface area contributed by atoms with Crippen LogP contribution in [-0.4, -0.2) is 33.9 Å². The SMILES string of the molecule is O=C(O)C(CCSc1nccs1)NC1CC1. The monoisotopic (exact) mass is 258 g/mol. The fraction of sp³-hybridized carbons (Fsp3) is 0.600. The Labute approximate surface area is 102 Å². The molecule has 1 aliphatic rings. The normalized spacial score (nSPS) is 17.2. The van der Waals surface area contributed by atoms with E-state index in [1.807, 2.05) is 5.38 Å². The first-order valence-electron chi connectivity index (χ1n) is 5.27. The van der Waals surface area contributed by atoms with Gasteiger partial charge in [0.15, 0.2) is 0 Å². The molecule has 1 aromatic rings. The minimum atomic E-state index is -0.744. The van der Waals surface area contributed by atoms with Crippen molar-refractivity contribution in [2.24, 2.45) is 0 Å². The molecule has 1 fully saturated rings. The largest absolute Gasteiger partial charge is 0.480 e. The van der Waals surface area contributed by atoms with Crippen LogP contribution in [0.25, 0.3) is 0 Å². The van der Waals surface area contributed by atoms with E-state index in [-0.39, 0.29) is 0 Å². The van der Waals surface area contributed by atoms with Crippen LogP contribution in [0.15, 0.2) is 15.9 Å². The summed E-state index contributed by atoms with van der Waals surface area (Å²) < 4.78 is 1.01. The second kappa shape index (κ2) is 5.65. The van der Waals surface area contributed by atoms with Crippen LogP contribution in [0.3, 0.4) is 0 Å². The maximum absolute atomic E-state index is 11.0. The lowest BCUT2D eigenvalue weighted by molar-refractivity contribution is -0.139. The number of hydrogen-bond donors (Lipinski definition) is 2. The minimum absolute atomic E-state index is 0.403. The molecule has 4 nitrogen and oxygen atoms in total. The molecule has 0 spiro atoms. The minimum Gasteiger partial charge on any atom is -0.480 e. The lowest BCUT2D eigenvalue weighted by atomic mass is 10.2. The number of carboxylic acid groups (broad SMARTS) is 1. The molecule has 6 heteroatoms. The van der Waals surface area contributed by atoms with Gasteiger partial charge in [0.25, 0.3) is 0 Å². The third-order valence-electron chi connectivity index (χ3n) is 2.35. The van der Waals surface area contributed by atoms with Gasteiger partial charge >= 0.3 is 5.97 Å². The second-order valence-corrected chi connectivity index (χ2v) is 6.00. The molecule has 0 bridgehead atoms. The van der Waals surface area contributed by atoms with E-state index in [1.165, 1.54) is 0 Å². The topological polar surface area (TPSA) is 62.2 Å². The van der Waals surface area contributed by atoms with Gasteiger partial charge in [-0.1, -0.05) is 11.8 Å². The van der Waals surface area contributed by atoms with Gasteiger partial charge in [-0.05, 0) is 19.3 Å². The van der Waals surface area contributed by atoms with E-state index < -0.39 is 12.0 Å². The summed E-state index contributed by atoms with van der Waals surface area (Å²) in [4.78, 5) is 15.1. The molecule has 0 aromatic carbocycles. The van der Waals surface area contributed by atoms with Crippen molar-refractivity contribution in [3.05, 3.63) is 11.6 Å². The number of aliphatic carboxylic acids is 1. The predicted molar refractivity (Wildman–Crippen MR) is 65.0 cm³/mol. The van der Waals surface area contributed by atoms with Gasteiger partial charge in [0.05, 0.1) is 0 Å². The maximum Gasteiger partial charge on any atom is 0.320 e. The van der Waals surface area contributed by atoms with Crippen molar-refractivity contribution in [2.75, 3.05) is 5.75 Å². The van der Waals surface area contributed by atoms with Crippen LogP contribution in [0.5, 0.6) is 0 Å². The van der Waals surface area contributed by atoms with Crippen LogP contribution in [0.2, 0.25) is 0 Å². The zero-order chi connectivity index (χ0) is 11.4. The Morgan fingerprint density at radius 2 is 2.56 bits per heavy atom. The van der Waals surface area contributed by atoms with Crippen molar-refractivity contribution in [2.45, 2.75) is 35.7 Å². The summed E-state index contributed by atoms with van der Waals surface area (Å²) in [5.74, 6) is 0.0520. The molecule has 0 aliphatic heterocycles. The van der Waals surface area contributed by atoms with Crippen LogP contribution < -0.4 is 5.32 Å². The van der Waals surface area contributed by atoms with E-state index in [4.69, 9.17) is 5.11 Å². The summed E-state index contributed by atoms with van der Waals surface area (Å²) in [5.41, 5.74) is 0. The molecule has 0 saturated heterocycles. The Morgan fingerprint density at radius 1 is 1.75 bits per heavy atom. The molecule has 1 atom stereocenters. The molecule has 1 heterocycles. The highest BCUT2D eigenvalue weighted by Crippen LogP contribution is 2.23. The van der Waals surface area contributed by atoms with Gasteiger partial charge in [-0.15, -0.1) is 11.3 Å². The molecule has 1 saturated carbocycles. The van der Waals surface area contributed by atoms with Gasteiger partial charge in [-0.25, -0.2) is 4.98 Å². The van der Waals surface area contributed by atoms with Crippen LogP contribution in [0.4, 0.5) is 0 Å². The van der Waals surface area contributed by atoms with Crippen molar-refractivity contribution >= 4 is 29.1 Å². The quantitative estimate of drug-likeness (QED) is 0.731. The van der Waals surface area contributed by atoms with E-state index in [9.17, 15) is 4.79 Å². The zero-order valence-corrected chi connectivity index (χ0v) is 10.4. The Morgan fingerprint density at radius 3 is 3.12 bits per heavy atom. The Bertz CT molecular complexity index is 339. The van der Waals surface area contributed by atoms with Gasteiger partial charge in [0, 0.05) is 23.4 Å². The standard InChI is InChI=1S/C10H14N2O2S2/c13-9(14)8(12-7-1-2-7)3-5-15-10-11-4-6-16-10/h4,6-8,12H,1-3,5H2,(H,13,14). The number of thioether (sulfide) groups is 1. The third kappa shape index (κ3) is 3.77. The van der Waals surface area contributed by atoms with Crippen molar-refractivity contribution in [3.8, 4) is 0 Å². The lowest BCUT2D eigenvalue weighted by Gasteiger charge is -2.12. The van der Waals surface area contributed by atoms with Crippen molar-refractivity contribution in [1.29, 1.82) is 0 Å². The predicted octanol–water partition coefficient (Wildman–Crippen LogP) is 1.83. The summed E-state index contributed by atoms with van der Waals surface area (Å²) in [6, 6.07) is 0.0333. The fourth-order valence-corrected chi connectivity index (χ4v) is 3.07. The summed E-state index contributed by atoms with van der Waals surface area (Å²) in [6.45, 7) is 0. The molecular weight excluding hydrogens is 244 g/mol. The molecule has 0 amide bonds. The average Bonchev–Trinajstić information content (AvgIpc) is 2.91. The van der Waals surface area contributed by atoms with Gasteiger partial charge in [-0.3, -0.25) is 4.79 Å². The number of carboxylic acids is 1. The molecule has 1 aromatic heterocycles. The second-order valence-electron chi connectivity index (χ2n) is 3.77. The average molecular weight is 258 g/mol. The first-order chi connectivity index (χ1) is 7.75. The molecule has 1 aliphatic carbocycles. The molecule has 88 valence electrons. The summed E-state index contributed by atoms with van der Waals surface area (Å²) in [5, 5.41) is 14.1. The van der Waals surface area contributed by atoms with Crippen LogP contribution in [-0.2, 0) is 4.79 Å². The summed E-state index contributed by atoms with van der Waals surface area (Å²) >= 11 is 3.22. The highest BCUT2D eigenvalue weighted by molar-refractivity contribution is 8.00. The Hall–Kier alpha value is -0.590. The molecule has 0 radical (unpaired) electrons. The fourth-order valence-electron chi connectivity index (χ4n) is 1.36. The molecule has 1 unspecified atom stereocenters. The number of rotatable bonds is 7. The van der Waals surface area contributed by atoms with Crippen LogP contribution >= 0.6 is 23.1 Å². The smallest absolute Gasteiger partial charge is 0.320 e. The number of aromatic nitrogens is 1. The zero-order valence-electron chi connectivity index (χ0n) is 8.76. The Balaban J connectivity index is 1.70. The number of carbonyl (C=O) groups is 1. The van der Waals surface area contributed by atoms with E-state index in [1.54, 1.807) is 29.3 Å². The first-order valence-corrected chi connectivity index (χ1v) is 7.13. The van der Waals surface area contributed by atoms with E-state index >= 15 is 0 Å². The highest BCUT2D eigenvalue weighted by atomic mass is 32.2. The van der Waals surface area contributed by atoms with E-state index in [0.717, 1.165) is 22.9 Å².